The lowest BCUT2D eigenvalue weighted by atomic mass is 9.84. The van der Waals surface area contributed by atoms with E-state index in [2.05, 4.69) is 13.8 Å². The summed E-state index contributed by atoms with van der Waals surface area (Å²) in [6.45, 7) is 4.33. The molecule has 0 aliphatic rings. The largest absolute Gasteiger partial charge is 0.508 e. The molecule has 3 heteroatoms. The van der Waals surface area contributed by atoms with Gasteiger partial charge >= 0.3 is 5.97 Å². The summed E-state index contributed by atoms with van der Waals surface area (Å²) in [5.41, 5.74) is 2.71. The van der Waals surface area contributed by atoms with Gasteiger partial charge in [-0.25, -0.2) is 4.79 Å². The van der Waals surface area contributed by atoms with Gasteiger partial charge in [0.25, 0.3) is 0 Å². The van der Waals surface area contributed by atoms with E-state index in [9.17, 15) is 9.90 Å². The van der Waals surface area contributed by atoms with E-state index >= 15 is 0 Å². The first-order valence-electron chi connectivity index (χ1n) is 7.63. The molecular weight excluding hydrogens is 276 g/mol. The van der Waals surface area contributed by atoms with Gasteiger partial charge in [-0.05, 0) is 60.1 Å². The minimum absolute atomic E-state index is 0.284. The number of hydrogen-bond acceptors (Lipinski definition) is 2. The second kappa shape index (κ2) is 7.12. The van der Waals surface area contributed by atoms with Crippen molar-refractivity contribution in [2.24, 2.45) is 0 Å². The van der Waals surface area contributed by atoms with Crippen molar-refractivity contribution >= 4 is 5.97 Å². The fourth-order valence-corrected chi connectivity index (χ4v) is 2.80. The minimum atomic E-state index is -0.892. The molecule has 2 unspecified atom stereocenters. The molecular formula is C19H22O3. The molecule has 2 rings (SSSR count). The van der Waals surface area contributed by atoms with Gasteiger partial charge in [0.15, 0.2) is 0 Å². The van der Waals surface area contributed by atoms with E-state index < -0.39 is 5.97 Å². The molecule has 3 nitrogen and oxygen atoms in total. The molecule has 0 aromatic heterocycles. The molecule has 2 aromatic carbocycles. The lowest BCUT2D eigenvalue weighted by Gasteiger charge is -2.21. The van der Waals surface area contributed by atoms with Crippen LogP contribution < -0.4 is 0 Å². The maximum Gasteiger partial charge on any atom is 0.335 e. The lowest BCUT2D eigenvalue weighted by molar-refractivity contribution is 0.0697. The number of phenolic OH excluding ortho intramolecular Hbond substituents is 1. The summed E-state index contributed by atoms with van der Waals surface area (Å²) in [6.07, 6.45) is 2.00. The molecule has 116 valence electrons. The van der Waals surface area contributed by atoms with Gasteiger partial charge in [-0.3, -0.25) is 0 Å². The van der Waals surface area contributed by atoms with E-state index in [4.69, 9.17) is 5.11 Å². The number of hydrogen-bond donors (Lipinski definition) is 2. The van der Waals surface area contributed by atoms with Crippen molar-refractivity contribution in [3.05, 3.63) is 65.2 Å². The minimum Gasteiger partial charge on any atom is -0.508 e. The Labute approximate surface area is 131 Å². The topological polar surface area (TPSA) is 57.5 Å². The number of aromatic carboxylic acids is 1. The predicted octanol–water partition coefficient (Wildman–Crippen LogP) is 4.78. The van der Waals surface area contributed by atoms with E-state index in [1.54, 1.807) is 24.3 Å². The number of phenols is 1. The molecule has 0 saturated carbocycles. The highest BCUT2D eigenvalue weighted by Crippen LogP contribution is 2.32. The van der Waals surface area contributed by atoms with E-state index in [-0.39, 0.29) is 5.75 Å². The number of aromatic hydroxyl groups is 1. The average molecular weight is 298 g/mol. The van der Waals surface area contributed by atoms with E-state index in [0.717, 1.165) is 12.8 Å². The fraction of sp³-hybridized carbons (Fsp3) is 0.316. The zero-order chi connectivity index (χ0) is 16.1. The number of benzene rings is 2. The molecule has 2 N–H and O–H groups in total. The molecule has 0 aliphatic carbocycles. The van der Waals surface area contributed by atoms with Gasteiger partial charge in [-0.2, -0.15) is 0 Å². The van der Waals surface area contributed by atoms with Gasteiger partial charge in [0, 0.05) is 0 Å². The molecule has 0 amide bonds. The van der Waals surface area contributed by atoms with Gasteiger partial charge in [0.05, 0.1) is 5.56 Å². The Balaban J connectivity index is 2.11. The van der Waals surface area contributed by atoms with E-state index in [1.165, 1.54) is 11.1 Å². The number of carboxylic acid groups (broad SMARTS) is 1. The van der Waals surface area contributed by atoms with Crippen LogP contribution in [0, 0.1) is 0 Å². The zero-order valence-corrected chi connectivity index (χ0v) is 13.0. The van der Waals surface area contributed by atoms with Gasteiger partial charge in [0.2, 0.25) is 0 Å². The molecule has 0 radical (unpaired) electrons. The smallest absolute Gasteiger partial charge is 0.335 e. The molecule has 0 aliphatic heterocycles. The van der Waals surface area contributed by atoms with Crippen LogP contribution in [0.1, 0.15) is 60.0 Å². The van der Waals surface area contributed by atoms with Crippen molar-refractivity contribution in [3.8, 4) is 5.75 Å². The predicted molar refractivity (Wildman–Crippen MR) is 87.6 cm³/mol. The van der Waals surface area contributed by atoms with Crippen LogP contribution >= 0.6 is 0 Å². The molecule has 0 spiro atoms. The summed E-state index contributed by atoms with van der Waals surface area (Å²) in [4.78, 5) is 10.9. The first kappa shape index (κ1) is 16.1. The third-order valence-electron chi connectivity index (χ3n) is 4.22. The normalized spacial score (nSPS) is 13.5. The molecule has 22 heavy (non-hydrogen) atoms. The lowest BCUT2D eigenvalue weighted by Crippen LogP contribution is -2.04. The first-order chi connectivity index (χ1) is 10.5. The first-order valence-corrected chi connectivity index (χ1v) is 7.63. The Morgan fingerprint density at radius 3 is 2.05 bits per heavy atom. The Hall–Kier alpha value is -2.29. The Bertz CT molecular complexity index is 614. The summed E-state index contributed by atoms with van der Waals surface area (Å²) < 4.78 is 0. The van der Waals surface area contributed by atoms with Crippen molar-refractivity contribution in [1.29, 1.82) is 0 Å². The molecule has 0 bridgehead atoms. The number of rotatable bonds is 6. The van der Waals surface area contributed by atoms with Gasteiger partial charge in [0.1, 0.15) is 5.75 Å². The molecule has 0 saturated heterocycles. The third-order valence-corrected chi connectivity index (χ3v) is 4.22. The highest BCUT2D eigenvalue weighted by Gasteiger charge is 2.15. The Morgan fingerprint density at radius 2 is 1.55 bits per heavy atom. The Kier molecular flexibility index (Phi) is 5.21. The quantitative estimate of drug-likeness (QED) is 0.807. The van der Waals surface area contributed by atoms with Gasteiger partial charge < -0.3 is 10.2 Å². The van der Waals surface area contributed by atoms with Crippen LogP contribution in [-0.4, -0.2) is 16.2 Å². The van der Waals surface area contributed by atoms with Crippen LogP contribution in [-0.2, 0) is 0 Å². The summed E-state index contributed by atoms with van der Waals surface area (Å²) in [5.74, 6) is 0.167. The second-order valence-corrected chi connectivity index (χ2v) is 5.76. The van der Waals surface area contributed by atoms with Crippen molar-refractivity contribution in [2.75, 3.05) is 0 Å². The highest BCUT2D eigenvalue weighted by molar-refractivity contribution is 5.87. The van der Waals surface area contributed by atoms with Gasteiger partial charge in [-0.1, -0.05) is 38.1 Å². The summed E-state index contributed by atoms with van der Waals surface area (Å²) in [6, 6.07) is 14.5. The highest BCUT2D eigenvalue weighted by atomic mass is 16.4. The van der Waals surface area contributed by atoms with Crippen LogP contribution in [0.15, 0.2) is 48.5 Å². The van der Waals surface area contributed by atoms with Crippen LogP contribution in [0.2, 0.25) is 0 Å². The summed E-state index contributed by atoms with van der Waals surface area (Å²) >= 11 is 0. The fourth-order valence-electron chi connectivity index (χ4n) is 2.80. The van der Waals surface area contributed by atoms with Gasteiger partial charge in [-0.15, -0.1) is 0 Å². The summed E-state index contributed by atoms with van der Waals surface area (Å²) in [7, 11) is 0. The van der Waals surface area contributed by atoms with Crippen molar-refractivity contribution in [1.82, 2.24) is 0 Å². The molecule has 2 atom stereocenters. The van der Waals surface area contributed by atoms with Crippen LogP contribution in [0.5, 0.6) is 5.75 Å². The van der Waals surface area contributed by atoms with Crippen LogP contribution in [0.4, 0.5) is 0 Å². The zero-order valence-electron chi connectivity index (χ0n) is 13.0. The standard InChI is InChI=1S/C19H22O3/c1-3-14(16-4-6-17(7-5-16)19(21)22)12-13(2)15-8-10-18(20)11-9-15/h4-11,13-14,20H,3,12H2,1-2H3,(H,21,22). The van der Waals surface area contributed by atoms with E-state index in [1.807, 2.05) is 24.3 Å². The van der Waals surface area contributed by atoms with E-state index in [0.29, 0.717) is 17.4 Å². The molecule has 0 heterocycles. The number of carboxylic acids is 1. The second-order valence-electron chi connectivity index (χ2n) is 5.76. The summed E-state index contributed by atoms with van der Waals surface area (Å²) in [5, 5.41) is 18.3. The van der Waals surface area contributed by atoms with Crippen LogP contribution in [0.25, 0.3) is 0 Å². The van der Waals surface area contributed by atoms with Crippen molar-refractivity contribution in [3.63, 3.8) is 0 Å². The monoisotopic (exact) mass is 298 g/mol. The van der Waals surface area contributed by atoms with Crippen molar-refractivity contribution < 1.29 is 15.0 Å². The Morgan fingerprint density at radius 1 is 1.00 bits per heavy atom. The number of carbonyl (C=O) groups is 1. The maximum atomic E-state index is 10.9. The SMILES string of the molecule is CCC(CC(C)c1ccc(O)cc1)c1ccc(C(=O)O)cc1. The van der Waals surface area contributed by atoms with Crippen molar-refractivity contribution in [2.45, 2.75) is 38.5 Å². The molecule has 2 aromatic rings. The van der Waals surface area contributed by atoms with Crippen LogP contribution in [0.3, 0.4) is 0 Å². The third kappa shape index (κ3) is 3.88. The maximum absolute atomic E-state index is 10.9. The average Bonchev–Trinajstić information content (AvgIpc) is 2.53. The molecule has 0 fully saturated rings.